The molecule has 1 saturated heterocycles. The number of hydrogen-bond acceptors (Lipinski definition) is 7. The van der Waals surface area contributed by atoms with E-state index < -0.39 is 17.0 Å². The Labute approximate surface area is 214 Å². The predicted octanol–water partition coefficient (Wildman–Crippen LogP) is 4.07. The van der Waals surface area contributed by atoms with Crippen LogP contribution < -0.4 is 10.6 Å². The van der Waals surface area contributed by atoms with Gasteiger partial charge in [0.1, 0.15) is 22.6 Å². The first-order valence-corrected chi connectivity index (χ1v) is 12.1. The maximum atomic E-state index is 13.6. The molecule has 10 nitrogen and oxygen atoms in total. The second kappa shape index (κ2) is 9.79. The number of ether oxygens (including phenoxy) is 1. The third kappa shape index (κ3) is 5.71. The summed E-state index contributed by atoms with van der Waals surface area (Å²) in [5.74, 6) is -0.743. The van der Waals surface area contributed by atoms with Crippen molar-refractivity contribution in [2.75, 3.05) is 25.5 Å². The summed E-state index contributed by atoms with van der Waals surface area (Å²) in [6.07, 6.45) is 3.77. The van der Waals surface area contributed by atoms with E-state index in [1.807, 2.05) is 27.7 Å². The molecule has 0 radical (unpaired) electrons. The van der Waals surface area contributed by atoms with E-state index in [0.29, 0.717) is 53.9 Å². The Morgan fingerprint density at radius 3 is 2.57 bits per heavy atom. The number of amides is 2. The highest BCUT2D eigenvalue weighted by Gasteiger charge is 2.35. The quantitative estimate of drug-likeness (QED) is 0.383. The van der Waals surface area contributed by atoms with Crippen molar-refractivity contribution in [3.8, 4) is 0 Å². The average molecular weight is 510 g/mol. The number of fused-ring (bicyclic) bond motifs is 1. The lowest BCUT2D eigenvalue weighted by atomic mass is 9.89. The minimum Gasteiger partial charge on any atom is -0.444 e. The van der Waals surface area contributed by atoms with E-state index in [2.05, 4.69) is 25.6 Å². The van der Waals surface area contributed by atoms with Gasteiger partial charge in [-0.25, -0.2) is 19.2 Å². The van der Waals surface area contributed by atoms with Crippen LogP contribution in [0.15, 0.2) is 30.6 Å². The van der Waals surface area contributed by atoms with Crippen molar-refractivity contribution in [2.45, 2.75) is 51.7 Å². The molecule has 1 aliphatic rings. The fraction of sp³-hybridized carbons (Fsp3) is 0.423. The van der Waals surface area contributed by atoms with Crippen LogP contribution in [0.2, 0.25) is 0 Å². The molecule has 1 fully saturated rings. The number of nitrogens with one attached hydrogen (secondary N) is 4. The number of carbonyl (C=O) groups is 2. The van der Waals surface area contributed by atoms with Crippen molar-refractivity contribution in [3.05, 3.63) is 53.2 Å². The van der Waals surface area contributed by atoms with Gasteiger partial charge in [0.15, 0.2) is 5.65 Å². The summed E-state index contributed by atoms with van der Waals surface area (Å²) < 4.78 is 19.1. The van der Waals surface area contributed by atoms with Gasteiger partial charge >= 0.3 is 6.09 Å². The summed E-state index contributed by atoms with van der Waals surface area (Å²) in [5.41, 5.74) is 1.18. The topological polar surface area (TPSA) is 136 Å². The van der Waals surface area contributed by atoms with Gasteiger partial charge in [-0.15, -0.1) is 0 Å². The first-order valence-electron chi connectivity index (χ1n) is 12.1. The van der Waals surface area contributed by atoms with Gasteiger partial charge in [0.05, 0.1) is 17.5 Å². The number of aromatic nitrogens is 3. The van der Waals surface area contributed by atoms with Crippen LogP contribution in [-0.4, -0.2) is 68.8 Å². The number of likely N-dealkylation sites (tertiary alicyclic amines) is 1. The monoisotopic (exact) mass is 509 g/mol. The van der Waals surface area contributed by atoms with Crippen LogP contribution in [-0.2, 0) is 4.74 Å². The standard InChI is InChI=1S/C26H32FN7O3/c1-25(2,3)37-24(36)34-10-8-26(4,9-11-34)33-23(35)17-13-30-22-21(17)32-19(14-31-22)20(28)16-7-6-15(27)12-18(16)29-5/h6-7,12-14,28-29H,8-11H2,1-5H3,(H,30,31)(H,33,35). The Balaban J connectivity index is 1.50. The van der Waals surface area contributed by atoms with Gasteiger partial charge < -0.3 is 25.3 Å². The lowest BCUT2D eigenvalue weighted by Crippen LogP contribution is -2.54. The summed E-state index contributed by atoms with van der Waals surface area (Å²) in [7, 11) is 1.65. The van der Waals surface area contributed by atoms with E-state index in [9.17, 15) is 14.0 Å². The normalized spacial score (nSPS) is 15.4. The average Bonchev–Trinajstić information content (AvgIpc) is 3.26. The molecule has 3 aromatic rings. The number of halogens is 1. The maximum absolute atomic E-state index is 13.6. The molecule has 0 aliphatic carbocycles. The molecule has 0 saturated carbocycles. The zero-order valence-electron chi connectivity index (χ0n) is 21.7. The largest absolute Gasteiger partial charge is 0.444 e. The molecule has 1 aliphatic heterocycles. The third-order valence-corrected chi connectivity index (χ3v) is 6.34. The molecule has 4 rings (SSSR count). The molecule has 0 bridgehead atoms. The lowest BCUT2D eigenvalue weighted by Gasteiger charge is -2.40. The van der Waals surface area contributed by atoms with Gasteiger partial charge in [0.25, 0.3) is 5.91 Å². The summed E-state index contributed by atoms with van der Waals surface area (Å²) in [5, 5.41) is 14.6. The zero-order valence-corrected chi connectivity index (χ0v) is 21.7. The smallest absolute Gasteiger partial charge is 0.410 e. The van der Waals surface area contributed by atoms with Crippen LogP contribution in [0.1, 0.15) is 62.2 Å². The Bertz CT molecular complexity index is 1350. The SMILES string of the molecule is CNc1cc(F)ccc1C(=N)c1cnc2[nH]cc(C(=O)NC3(C)CCN(C(=O)OC(C)(C)C)CC3)c2n1. The van der Waals surface area contributed by atoms with Gasteiger partial charge in [-0.2, -0.15) is 0 Å². The third-order valence-electron chi connectivity index (χ3n) is 6.34. The minimum absolute atomic E-state index is 0.0489. The highest BCUT2D eigenvalue weighted by molar-refractivity contribution is 6.14. The van der Waals surface area contributed by atoms with E-state index in [1.165, 1.54) is 24.4 Å². The number of rotatable bonds is 5. The van der Waals surface area contributed by atoms with Crippen LogP contribution in [0.5, 0.6) is 0 Å². The molecule has 0 spiro atoms. The van der Waals surface area contributed by atoms with Crippen molar-refractivity contribution in [1.82, 2.24) is 25.2 Å². The summed E-state index contributed by atoms with van der Waals surface area (Å²) in [6, 6.07) is 4.09. The fourth-order valence-electron chi connectivity index (χ4n) is 4.24. The Morgan fingerprint density at radius 1 is 1.22 bits per heavy atom. The van der Waals surface area contributed by atoms with E-state index in [4.69, 9.17) is 10.1 Å². The molecular weight excluding hydrogens is 477 g/mol. The summed E-state index contributed by atoms with van der Waals surface area (Å²) in [6.45, 7) is 8.37. The zero-order chi connectivity index (χ0) is 27.0. The van der Waals surface area contributed by atoms with Gasteiger partial charge in [0, 0.05) is 43.1 Å². The first kappa shape index (κ1) is 26.1. The highest BCUT2D eigenvalue weighted by Crippen LogP contribution is 2.26. The van der Waals surface area contributed by atoms with Crippen LogP contribution >= 0.6 is 0 Å². The predicted molar refractivity (Wildman–Crippen MR) is 139 cm³/mol. The van der Waals surface area contributed by atoms with Crippen molar-refractivity contribution in [3.63, 3.8) is 0 Å². The molecule has 37 heavy (non-hydrogen) atoms. The molecule has 3 heterocycles. The number of H-pyrrole nitrogens is 1. The molecular formula is C26H32FN7O3. The number of anilines is 1. The van der Waals surface area contributed by atoms with E-state index in [-0.39, 0.29) is 23.4 Å². The molecule has 0 atom stereocenters. The number of aromatic amines is 1. The Hall–Kier alpha value is -4.02. The number of nitrogens with zero attached hydrogens (tertiary/aromatic N) is 3. The van der Waals surface area contributed by atoms with Crippen LogP contribution in [0.25, 0.3) is 11.2 Å². The van der Waals surface area contributed by atoms with Gasteiger partial charge in [-0.3, -0.25) is 10.2 Å². The fourth-order valence-corrected chi connectivity index (χ4v) is 4.24. The lowest BCUT2D eigenvalue weighted by molar-refractivity contribution is 0.0160. The number of piperidine rings is 1. The van der Waals surface area contributed by atoms with Crippen LogP contribution in [0.3, 0.4) is 0 Å². The van der Waals surface area contributed by atoms with Crippen molar-refractivity contribution >= 4 is 34.6 Å². The van der Waals surface area contributed by atoms with Crippen molar-refractivity contribution in [2.24, 2.45) is 0 Å². The molecule has 0 unspecified atom stereocenters. The van der Waals surface area contributed by atoms with Crippen LogP contribution in [0, 0.1) is 11.2 Å². The Kier molecular flexibility index (Phi) is 6.90. The first-order chi connectivity index (χ1) is 17.4. The summed E-state index contributed by atoms with van der Waals surface area (Å²) in [4.78, 5) is 39.2. The van der Waals surface area contributed by atoms with E-state index >= 15 is 0 Å². The molecule has 11 heteroatoms. The molecule has 2 aromatic heterocycles. The molecule has 196 valence electrons. The number of hydrogen-bond donors (Lipinski definition) is 4. The summed E-state index contributed by atoms with van der Waals surface area (Å²) >= 11 is 0. The maximum Gasteiger partial charge on any atom is 0.410 e. The van der Waals surface area contributed by atoms with Crippen molar-refractivity contribution < 1.29 is 18.7 Å². The molecule has 2 amide bonds. The van der Waals surface area contributed by atoms with Gasteiger partial charge in [-0.05, 0) is 58.7 Å². The van der Waals surface area contributed by atoms with Gasteiger partial charge in [-0.1, -0.05) is 0 Å². The second-order valence-corrected chi connectivity index (χ2v) is 10.5. The second-order valence-electron chi connectivity index (χ2n) is 10.5. The van der Waals surface area contributed by atoms with E-state index in [0.717, 1.165) is 0 Å². The minimum atomic E-state index is -0.567. The number of carbonyl (C=O) groups excluding carboxylic acids is 2. The number of benzene rings is 1. The highest BCUT2D eigenvalue weighted by atomic mass is 19.1. The Morgan fingerprint density at radius 2 is 1.92 bits per heavy atom. The van der Waals surface area contributed by atoms with Gasteiger partial charge in [0.2, 0.25) is 0 Å². The molecule has 4 N–H and O–H groups in total. The van der Waals surface area contributed by atoms with E-state index in [1.54, 1.807) is 18.1 Å². The molecule has 1 aromatic carbocycles. The van der Waals surface area contributed by atoms with Crippen molar-refractivity contribution in [1.29, 1.82) is 5.41 Å². The van der Waals surface area contributed by atoms with Crippen LogP contribution in [0.4, 0.5) is 14.9 Å².